The molecule has 0 aromatic carbocycles. The second-order valence-corrected chi connectivity index (χ2v) is 5.50. The third-order valence-corrected chi connectivity index (χ3v) is 3.62. The van der Waals surface area contributed by atoms with Gasteiger partial charge in [-0.1, -0.05) is 11.6 Å². The normalized spacial score (nSPS) is 22.1. The number of nitrogens with zero attached hydrogens (tertiary/aromatic N) is 4. The lowest BCUT2D eigenvalue weighted by molar-refractivity contribution is 0.178. The van der Waals surface area contributed by atoms with Crippen molar-refractivity contribution in [2.45, 2.75) is 18.8 Å². The van der Waals surface area contributed by atoms with E-state index in [1.807, 2.05) is 0 Å². The molecule has 0 spiro atoms. The van der Waals surface area contributed by atoms with Crippen molar-refractivity contribution < 1.29 is 0 Å². The van der Waals surface area contributed by atoms with Crippen molar-refractivity contribution in [3.63, 3.8) is 0 Å². The van der Waals surface area contributed by atoms with Crippen LogP contribution in [0.3, 0.4) is 0 Å². The first-order chi connectivity index (χ1) is 8.70. The molecule has 2 aliphatic rings. The SMILES string of the molecule is CN1CCN(Nc2cc(Cl)nc(C3CC3)n2)CC1. The summed E-state index contributed by atoms with van der Waals surface area (Å²) in [7, 11) is 2.14. The van der Waals surface area contributed by atoms with Gasteiger partial charge >= 0.3 is 0 Å². The Morgan fingerprint density at radius 2 is 1.94 bits per heavy atom. The average molecular weight is 268 g/mol. The molecule has 0 bridgehead atoms. The first kappa shape index (κ1) is 12.1. The maximum Gasteiger partial charge on any atom is 0.145 e. The van der Waals surface area contributed by atoms with E-state index in [0.29, 0.717) is 11.1 Å². The Morgan fingerprint density at radius 3 is 2.61 bits per heavy atom. The fourth-order valence-corrected chi connectivity index (χ4v) is 2.29. The first-order valence-corrected chi connectivity index (χ1v) is 6.83. The topological polar surface area (TPSA) is 44.3 Å². The Morgan fingerprint density at radius 1 is 1.22 bits per heavy atom. The Hall–Kier alpha value is -0.910. The van der Waals surface area contributed by atoms with Crippen LogP contribution in [0.1, 0.15) is 24.6 Å². The van der Waals surface area contributed by atoms with Crippen LogP contribution in [0, 0.1) is 0 Å². The minimum atomic E-state index is 0.525. The van der Waals surface area contributed by atoms with Crippen molar-refractivity contribution in [3.05, 3.63) is 17.0 Å². The highest BCUT2D eigenvalue weighted by atomic mass is 35.5. The zero-order valence-electron chi connectivity index (χ0n) is 10.6. The summed E-state index contributed by atoms with van der Waals surface area (Å²) in [6.45, 7) is 4.14. The van der Waals surface area contributed by atoms with Crippen LogP contribution in [-0.4, -0.2) is 53.1 Å². The number of nitrogens with one attached hydrogen (secondary N) is 1. The summed E-state index contributed by atoms with van der Waals surface area (Å²) in [4.78, 5) is 11.2. The molecule has 98 valence electrons. The summed E-state index contributed by atoms with van der Waals surface area (Å²) in [6, 6.07) is 1.80. The van der Waals surface area contributed by atoms with E-state index in [1.165, 1.54) is 12.8 Å². The molecule has 0 unspecified atom stereocenters. The summed E-state index contributed by atoms with van der Waals surface area (Å²) >= 11 is 6.04. The van der Waals surface area contributed by atoms with Gasteiger partial charge in [0.05, 0.1) is 0 Å². The van der Waals surface area contributed by atoms with Crippen molar-refractivity contribution in [3.8, 4) is 0 Å². The fourth-order valence-electron chi connectivity index (χ4n) is 2.10. The van der Waals surface area contributed by atoms with Gasteiger partial charge in [0.2, 0.25) is 0 Å². The molecule has 1 aromatic heterocycles. The standard InChI is InChI=1S/C12H18ClN5/c1-17-4-6-18(7-5-17)16-11-8-10(13)14-12(15-11)9-2-3-9/h8-9H,2-7H2,1H3,(H,14,15,16). The second kappa shape index (κ2) is 4.99. The lowest BCUT2D eigenvalue weighted by Gasteiger charge is -2.32. The number of anilines is 1. The van der Waals surface area contributed by atoms with Crippen molar-refractivity contribution in [1.82, 2.24) is 19.9 Å². The summed E-state index contributed by atoms with van der Waals surface area (Å²) in [5.74, 6) is 2.23. The van der Waals surface area contributed by atoms with E-state index >= 15 is 0 Å². The predicted molar refractivity (Wildman–Crippen MR) is 71.7 cm³/mol. The van der Waals surface area contributed by atoms with Gasteiger partial charge in [-0.3, -0.25) is 0 Å². The highest BCUT2D eigenvalue weighted by Gasteiger charge is 2.27. The fraction of sp³-hybridized carbons (Fsp3) is 0.667. The Bertz CT molecular complexity index is 426. The monoisotopic (exact) mass is 267 g/mol. The Balaban J connectivity index is 1.68. The molecular formula is C12H18ClN5. The molecule has 0 radical (unpaired) electrons. The van der Waals surface area contributed by atoms with Gasteiger partial charge in [-0.2, -0.15) is 0 Å². The van der Waals surface area contributed by atoms with Gasteiger partial charge in [0.15, 0.2) is 0 Å². The molecule has 2 fully saturated rings. The number of likely N-dealkylation sites (N-methyl/N-ethyl adjacent to an activating group) is 1. The predicted octanol–water partition coefficient (Wildman–Crippen LogP) is 1.58. The van der Waals surface area contributed by atoms with Crippen LogP contribution in [0.5, 0.6) is 0 Å². The molecule has 1 saturated carbocycles. The highest BCUT2D eigenvalue weighted by Crippen LogP contribution is 2.38. The minimum Gasteiger partial charge on any atom is -0.304 e. The molecule has 1 aromatic rings. The summed E-state index contributed by atoms with van der Waals surface area (Å²) in [6.07, 6.45) is 2.38. The maximum absolute atomic E-state index is 6.04. The second-order valence-electron chi connectivity index (χ2n) is 5.11. The molecule has 18 heavy (non-hydrogen) atoms. The summed E-state index contributed by atoms with van der Waals surface area (Å²) < 4.78 is 0. The number of hydrazine groups is 1. The molecule has 1 N–H and O–H groups in total. The third kappa shape index (κ3) is 2.91. The average Bonchev–Trinajstić information content (AvgIpc) is 3.15. The number of halogens is 1. The smallest absolute Gasteiger partial charge is 0.145 e. The number of hydrogen-bond acceptors (Lipinski definition) is 5. The zero-order chi connectivity index (χ0) is 12.5. The van der Waals surface area contributed by atoms with Crippen LogP contribution in [0.15, 0.2) is 6.07 Å². The molecule has 1 aliphatic heterocycles. The molecule has 1 aliphatic carbocycles. The zero-order valence-corrected chi connectivity index (χ0v) is 11.3. The van der Waals surface area contributed by atoms with Crippen molar-refractivity contribution >= 4 is 17.4 Å². The molecule has 6 heteroatoms. The van der Waals surface area contributed by atoms with Crippen LogP contribution in [-0.2, 0) is 0 Å². The number of rotatable bonds is 3. The summed E-state index contributed by atoms with van der Waals surface area (Å²) in [5, 5.41) is 2.72. The number of aromatic nitrogens is 2. The van der Waals surface area contributed by atoms with Gasteiger partial charge in [-0.15, -0.1) is 0 Å². The lowest BCUT2D eigenvalue weighted by Crippen LogP contribution is -2.47. The van der Waals surface area contributed by atoms with E-state index in [0.717, 1.165) is 37.8 Å². The summed E-state index contributed by atoms with van der Waals surface area (Å²) in [5.41, 5.74) is 3.34. The van der Waals surface area contributed by atoms with E-state index in [2.05, 4.69) is 32.4 Å². The Kier molecular flexibility index (Phi) is 3.37. The van der Waals surface area contributed by atoms with Gasteiger partial charge < -0.3 is 10.3 Å². The molecule has 0 amide bonds. The van der Waals surface area contributed by atoms with Crippen molar-refractivity contribution in [2.24, 2.45) is 0 Å². The molecule has 2 heterocycles. The van der Waals surface area contributed by atoms with Crippen LogP contribution in [0.25, 0.3) is 0 Å². The first-order valence-electron chi connectivity index (χ1n) is 6.45. The molecule has 5 nitrogen and oxygen atoms in total. The quantitative estimate of drug-likeness (QED) is 0.843. The van der Waals surface area contributed by atoms with Gasteiger partial charge in [0, 0.05) is 38.2 Å². The van der Waals surface area contributed by atoms with E-state index in [9.17, 15) is 0 Å². The third-order valence-electron chi connectivity index (χ3n) is 3.43. The van der Waals surface area contributed by atoms with Crippen molar-refractivity contribution in [2.75, 3.05) is 38.7 Å². The van der Waals surface area contributed by atoms with Gasteiger partial charge in [0.1, 0.15) is 16.8 Å². The lowest BCUT2D eigenvalue weighted by atomic mass is 10.4. The van der Waals surface area contributed by atoms with E-state index in [1.54, 1.807) is 6.07 Å². The molecular weight excluding hydrogens is 250 g/mol. The van der Waals surface area contributed by atoms with Gasteiger partial charge in [-0.05, 0) is 19.9 Å². The highest BCUT2D eigenvalue weighted by molar-refractivity contribution is 6.29. The molecule has 3 rings (SSSR count). The van der Waals surface area contributed by atoms with Crippen LogP contribution >= 0.6 is 11.6 Å². The van der Waals surface area contributed by atoms with Crippen LogP contribution < -0.4 is 5.43 Å². The molecule has 0 atom stereocenters. The minimum absolute atomic E-state index is 0.525. The Labute approximate surface area is 112 Å². The van der Waals surface area contributed by atoms with E-state index in [4.69, 9.17) is 11.6 Å². The van der Waals surface area contributed by atoms with Crippen LogP contribution in [0.2, 0.25) is 5.15 Å². The molecule has 1 saturated heterocycles. The van der Waals surface area contributed by atoms with E-state index < -0.39 is 0 Å². The van der Waals surface area contributed by atoms with Crippen LogP contribution in [0.4, 0.5) is 5.82 Å². The number of piperazine rings is 1. The number of hydrogen-bond donors (Lipinski definition) is 1. The maximum atomic E-state index is 6.04. The van der Waals surface area contributed by atoms with Gasteiger partial charge in [0.25, 0.3) is 0 Å². The van der Waals surface area contributed by atoms with E-state index in [-0.39, 0.29) is 0 Å². The largest absolute Gasteiger partial charge is 0.304 e. The van der Waals surface area contributed by atoms with Crippen molar-refractivity contribution in [1.29, 1.82) is 0 Å². The van der Waals surface area contributed by atoms with Gasteiger partial charge in [-0.25, -0.2) is 15.0 Å².